The SMILES string of the molecule is CC1CNC(C)CCN(CC2(C(C)C)CC2)C1. The maximum absolute atomic E-state index is 3.63. The summed E-state index contributed by atoms with van der Waals surface area (Å²) in [6.07, 6.45) is 4.23. The summed E-state index contributed by atoms with van der Waals surface area (Å²) < 4.78 is 0. The van der Waals surface area contributed by atoms with Gasteiger partial charge in [0, 0.05) is 19.1 Å². The highest BCUT2D eigenvalue weighted by molar-refractivity contribution is 4.98. The number of hydrogen-bond donors (Lipinski definition) is 1. The zero-order valence-electron chi connectivity index (χ0n) is 12.1. The van der Waals surface area contributed by atoms with E-state index in [2.05, 4.69) is 37.9 Å². The van der Waals surface area contributed by atoms with Gasteiger partial charge in [-0.15, -0.1) is 0 Å². The Bertz CT molecular complexity index is 245. The van der Waals surface area contributed by atoms with E-state index in [1.165, 1.54) is 45.4 Å². The molecule has 1 aliphatic heterocycles. The summed E-state index contributed by atoms with van der Waals surface area (Å²) in [4.78, 5) is 2.75. The van der Waals surface area contributed by atoms with E-state index >= 15 is 0 Å². The first-order valence-corrected chi connectivity index (χ1v) is 7.47. The van der Waals surface area contributed by atoms with Gasteiger partial charge in [-0.2, -0.15) is 0 Å². The molecule has 1 saturated heterocycles. The van der Waals surface area contributed by atoms with Crippen LogP contribution < -0.4 is 5.32 Å². The van der Waals surface area contributed by atoms with Crippen LogP contribution in [0, 0.1) is 17.3 Å². The Balaban J connectivity index is 1.90. The fourth-order valence-electron chi connectivity index (χ4n) is 3.14. The van der Waals surface area contributed by atoms with E-state index in [-0.39, 0.29) is 0 Å². The van der Waals surface area contributed by atoms with E-state index < -0.39 is 0 Å². The Morgan fingerprint density at radius 1 is 1.29 bits per heavy atom. The van der Waals surface area contributed by atoms with Gasteiger partial charge in [-0.3, -0.25) is 0 Å². The molecule has 100 valence electrons. The van der Waals surface area contributed by atoms with Crippen molar-refractivity contribution in [2.75, 3.05) is 26.2 Å². The minimum Gasteiger partial charge on any atom is -0.314 e. The topological polar surface area (TPSA) is 15.3 Å². The highest BCUT2D eigenvalue weighted by Gasteiger charge is 2.46. The summed E-state index contributed by atoms with van der Waals surface area (Å²) in [5.41, 5.74) is 0.676. The summed E-state index contributed by atoms with van der Waals surface area (Å²) >= 11 is 0. The predicted octanol–water partition coefficient (Wildman–Crippen LogP) is 2.74. The second-order valence-electron chi connectivity index (χ2n) is 6.96. The number of nitrogens with one attached hydrogen (secondary N) is 1. The predicted molar refractivity (Wildman–Crippen MR) is 74.2 cm³/mol. The Morgan fingerprint density at radius 3 is 2.59 bits per heavy atom. The monoisotopic (exact) mass is 238 g/mol. The molecule has 0 bridgehead atoms. The molecule has 1 saturated carbocycles. The van der Waals surface area contributed by atoms with E-state index in [9.17, 15) is 0 Å². The van der Waals surface area contributed by atoms with Crippen LogP contribution in [0.2, 0.25) is 0 Å². The minimum absolute atomic E-state index is 0.676. The van der Waals surface area contributed by atoms with Crippen molar-refractivity contribution in [2.45, 2.75) is 53.0 Å². The van der Waals surface area contributed by atoms with Gasteiger partial charge in [0.25, 0.3) is 0 Å². The summed E-state index contributed by atoms with van der Waals surface area (Å²) in [6.45, 7) is 14.6. The molecule has 0 aromatic rings. The molecule has 0 radical (unpaired) electrons. The van der Waals surface area contributed by atoms with Crippen molar-refractivity contribution in [3.05, 3.63) is 0 Å². The van der Waals surface area contributed by atoms with Crippen molar-refractivity contribution in [2.24, 2.45) is 17.3 Å². The summed E-state index contributed by atoms with van der Waals surface area (Å²) in [5.74, 6) is 1.65. The highest BCUT2D eigenvalue weighted by Crippen LogP contribution is 2.52. The summed E-state index contributed by atoms with van der Waals surface area (Å²) in [6, 6.07) is 0.689. The van der Waals surface area contributed by atoms with Gasteiger partial charge in [0.1, 0.15) is 0 Å². The quantitative estimate of drug-likeness (QED) is 0.813. The van der Waals surface area contributed by atoms with Crippen molar-refractivity contribution < 1.29 is 0 Å². The molecular formula is C15H30N2. The summed E-state index contributed by atoms with van der Waals surface area (Å²) in [5, 5.41) is 3.63. The van der Waals surface area contributed by atoms with E-state index in [1.807, 2.05) is 0 Å². The largest absolute Gasteiger partial charge is 0.314 e. The molecule has 2 fully saturated rings. The minimum atomic E-state index is 0.676. The molecule has 1 heterocycles. The van der Waals surface area contributed by atoms with Gasteiger partial charge in [-0.05, 0) is 56.5 Å². The van der Waals surface area contributed by atoms with Crippen LogP contribution in [-0.2, 0) is 0 Å². The average molecular weight is 238 g/mol. The van der Waals surface area contributed by atoms with Gasteiger partial charge in [-0.1, -0.05) is 20.8 Å². The highest BCUT2D eigenvalue weighted by atomic mass is 15.2. The number of nitrogens with zero attached hydrogens (tertiary/aromatic N) is 1. The molecule has 2 atom stereocenters. The van der Waals surface area contributed by atoms with Crippen molar-refractivity contribution in [3.63, 3.8) is 0 Å². The lowest BCUT2D eigenvalue weighted by atomic mass is 9.91. The van der Waals surface area contributed by atoms with Gasteiger partial charge in [0.05, 0.1) is 0 Å². The van der Waals surface area contributed by atoms with Gasteiger partial charge in [0.15, 0.2) is 0 Å². The fourth-order valence-corrected chi connectivity index (χ4v) is 3.14. The molecule has 2 nitrogen and oxygen atoms in total. The normalized spacial score (nSPS) is 34.4. The molecule has 2 aliphatic rings. The lowest BCUT2D eigenvalue weighted by molar-refractivity contribution is 0.147. The molecule has 0 amide bonds. The van der Waals surface area contributed by atoms with E-state index in [4.69, 9.17) is 0 Å². The molecular weight excluding hydrogens is 208 g/mol. The van der Waals surface area contributed by atoms with Gasteiger partial charge in [0.2, 0.25) is 0 Å². The molecule has 17 heavy (non-hydrogen) atoms. The molecule has 0 aromatic heterocycles. The van der Waals surface area contributed by atoms with Crippen molar-refractivity contribution >= 4 is 0 Å². The maximum atomic E-state index is 3.63. The van der Waals surface area contributed by atoms with Crippen LogP contribution in [0.25, 0.3) is 0 Å². The molecule has 0 spiro atoms. The van der Waals surface area contributed by atoms with Crippen LogP contribution in [0.1, 0.15) is 47.0 Å². The van der Waals surface area contributed by atoms with Crippen LogP contribution in [0.3, 0.4) is 0 Å². The van der Waals surface area contributed by atoms with Crippen molar-refractivity contribution in [1.82, 2.24) is 10.2 Å². The third-order valence-electron chi connectivity index (χ3n) is 4.92. The van der Waals surface area contributed by atoms with Crippen LogP contribution >= 0.6 is 0 Å². The van der Waals surface area contributed by atoms with Crippen LogP contribution in [0.15, 0.2) is 0 Å². The fraction of sp³-hybridized carbons (Fsp3) is 1.00. The Labute approximate surface area is 107 Å². The van der Waals surface area contributed by atoms with E-state index in [0.717, 1.165) is 11.8 Å². The van der Waals surface area contributed by atoms with Gasteiger partial charge in [-0.25, -0.2) is 0 Å². The zero-order chi connectivity index (χ0) is 12.5. The first-order chi connectivity index (χ1) is 8.02. The second-order valence-corrected chi connectivity index (χ2v) is 6.96. The Kier molecular flexibility index (Phi) is 4.14. The van der Waals surface area contributed by atoms with E-state index in [0.29, 0.717) is 11.5 Å². The third kappa shape index (κ3) is 3.45. The third-order valence-corrected chi connectivity index (χ3v) is 4.92. The van der Waals surface area contributed by atoms with Crippen molar-refractivity contribution in [1.29, 1.82) is 0 Å². The molecule has 2 unspecified atom stereocenters. The molecule has 1 N–H and O–H groups in total. The molecule has 0 aromatic carbocycles. The molecule has 2 heteroatoms. The lowest BCUT2D eigenvalue weighted by Crippen LogP contribution is -2.44. The molecule has 1 aliphatic carbocycles. The molecule has 2 rings (SSSR count). The number of hydrogen-bond acceptors (Lipinski definition) is 2. The number of rotatable bonds is 3. The Hall–Kier alpha value is -0.0800. The smallest absolute Gasteiger partial charge is 0.00510 e. The van der Waals surface area contributed by atoms with Gasteiger partial charge >= 0.3 is 0 Å². The maximum Gasteiger partial charge on any atom is 0.00510 e. The lowest BCUT2D eigenvalue weighted by Gasteiger charge is -2.35. The average Bonchev–Trinajstić information content (AvgIpc) is 3.02. The first-order valence-electron chi connectivity index (χ1n) is 7.47. The van der Waals surface area contributed by atoms with Crippen LogP contribution in [0.4, 0.5) is 0 Å². The Morgan fingerprint density at radius 2 is 2.00 bits per heavy atom. The standard InChI is InChI=1S/C15H30N2/c1-12(2)15(6-7-15)11-17-8-5-14(4)16-9-13(3)10-17/h12-14,16H,5-11H2,1-4H3. The van der Waals surface area contributed by atoms with Crippen LogP contribution in [0.5, 0.6) is 0 Å². The van der Waals surface area contributed by atoms with Crippen molar-refractivity contribution in [3.8, 4) is 0 Å². The van der Waals surface area contributed by atoms with Crippen LogP contribution in [-0.4, -0.2) is 37.1 Å². The zero-order valence-corrected chi connectivity index (χ0v) is 12.1. The summed E-state index contributed by atoms with van der Waals surface area (Å²) in [7, 11) is 0. The van der Waals surface area contributed by atoms with E-state index in [1.54, 1.807) is 0 Å². The first kappa shape index (κ1) is 13.4. The van der Waals surface area contributed by atoms with Gasteiger partial charge < -0.3 is 10.2 Å². The second kappa shape index (κ2) is 5.27.